The van der Waals surface area contributed by atoms with Gasteiger partial charge in [0.05, 0.1) is 5.69 Å². The SMILES string of the molecule is c1ccc(-c2cccc(-c3nc(-c4ccc5ccccc5c4)nc(-c4ccc(-c5ccccc5)c5ccccc45)n3)n2)cc1. The minimum absolute atomic E-state index is 0.534. The average Bonchev–Trinajstić information content (AvgIpc) is 3.11. The van der Waals surface area contributed by atoms with Gasteiger partial charge >= 0.3 is 0 Å². The van der Waals surface area contributed by atoms with Crippen molar-refractivity contribution < 1.29 is 0 Å². The van der Waals surface area contributed by atoms with Crippen LogP contribution in [0.5, 0.6) is 0 Å². The third-order valence-electron chi connectivity index (χ3n) is 7.94. The van der Waals surface area contributed by atoms with Crippen LogP contribution in [0.15, 0.2) is 158 Å². The average molecular weight is 563 g/mol. The van der Waals surface area contributed by atoms with Crippen LogP contribution in [0.1, 0.15) is 0 Å². The molecule has 4 heteroatoms. The van der Waals surface area contributed by atoms with E-state index in [0.717, 1.165) is 38.5 Å². The Morgan fingerprint density at radius 3 is 1.68 bits per heavy atom. The maximum absolute atomic E-state index is 5.09. The van der Waals surface area contributed by atoms with E-state index in [1.165, 1.54) is 16.5 Å². The predicted molar refractivity (Wildman–Crippen MR) is 180 cm³/mol. The van der Waals surface area contributed by atoms with Gasteiger partial charge in [-0.3, -0.25) is 0 Å². The first kappa shape index (κ1) is 25.7. The second kappa shape index (κ2) is 11.0. The summed E-state index contributed by atoms with van der Waals surface area (Å²) in [7, 11) is 0. The van der Waals surface area contributed by atoms with Crippen molar-refractivity contribution in [1.82, 2.24) is 19.9 Å². The summed E-state index contributed by atoms with van der Waals surface area (Å²) in [4.78, 5) is 20.2. The summed E-state index contributed by atoms with van der Waals surface area (Å²) in [6.45, 7) is 0. The van der Waals surface area contributed by atoms with Gasteiger partial charge in [-0.15, -0.1) is 0 Å². The highest BCUT2D eigenvalue weighted by atomic mass is 15.0. The lowest BCUT2D eigenvalue weighted by Crippen LogP contribution is -2.02. The molecule has 8 rings (SSSR count). The Morgan fingerprint density at radius 1 is 0.295 bits per heavy atom. The van der Waals surface area contributed by atoms with Gasteiger partial charge in [-0.05, 0) is 56.9 Å². The normalized spacial score (nSPS) is 11.2. The van der Waals surface area contributed by atoms with Crippen molar-refractivity contribution in [2.45, 2.75) is 0 Å². The highest BCUT2D eigenvalue weighted by molar-refractivity contribution is 6.04. The summed E-state index contributed by atoms with van der Waals surface area (Å²) in [5.41, 5.74) is 6.83. The molecule has 0 saturated carbocycles. The summed E-state index contributed by atoms with van der Waals surface area (Å²) in [6.07, 6.45) is 0. The molecule has 2 heterocycles. The molecule has 0 aliphatic carbocycles. The Balaban J connectivity index is 1.35. The lowest BCUT2D eigenvalue weighted by atomic mass is 9.95. The van der Waals surface area contributed by atoms with Gasteiger partial charge in [0.2, 0.25) is 0 Å². The lowest BCUT2D eigenvalue weighted by Gasteiger charge is -2.13. The van der Waals surface area contributed by atoms with Gasteiger partial charge in [-0.2, -0.15) is 0 Å². The maximum atomic E-state index is 5.09. The molecule has 0 radical (unpaired) electrons. The van der Waals surface area contributed by atoms with Crippen molar-refractivity contribution in [3.63, 3.8) is 0 Å². The predicted octanol–water partition coefficient (Wildman–Crippen LogP) is 9.91. The van der Waals surface area contributed by atoms with E-state index in [1.54, 1.807) is 0 Å². The molecule has 4 nitrogen and oxygen atoms in total. The summed E-state index contributed by atoms with van der Waals surface area (Å²) < 4.78 is 0. The Labute approximate surface area is 255 Å². The van der Waals surface area contributed by atoms with Gasteiger partial charge in [0.15, 0.2) is 17.5 Å². The van der Waals surface area contributed by atoms with E-state index < -0.39 is 0 Å². The smallest absolute Gasteiger partial charge is 0.182 e. The number of hydrogen-bond acceptors (Lipinski definition) is 4. The largest absolute Gasteiger partial charge is 0.244 e. The minimum atomic E-state index is 0.534. The molecule has 44 heavy (non-hydrogen) atoms. The van der Waals surface area contributed by atoms with E-state index in [2.05, 4.69) is 115 Å². The molecule has 2 aromatic heterocycles. The van der Waals surface area contributed by atoms with Crippen LogP contribution in [-0.4, -0.2) is 19.9 Å². The summed E-state index contributed by atoms with van der Waals surface area (Å²) in [6, 6.07) is 54.1. The molecule has 0 amide bonds. The minimum Gasteiger partial charge on any atom is -0.244 e. The van der Waals surface area contributed by atoms with Gasteiger partial charge in [0.1, 0.15) is 5.69 Å². The number of nitrogens with zero attached hydrogens (tertiary/aromatic N) is 4. The third kappa shape index (κ3) is 4.79. The molecular weight excluding hydrogens is 536 g/mol. The second-order valence-corrected chi connectivity index (χ2v) is 10.7. The van der Waals surface area contributed by atoms with Crippen molar-refractivity contribution in [2.24, 2.45) is 0 Å². The number of hydrogen-bond donors (Lipinski definition) is 0. The van der Waals surface area contributed by atoms with Gasteiger partial charge < -0.3 is 0 Å². The van der Waals surface area contributed by atoms with E-state index in [4.69, 9.17) is 19.9 Å². The molecule has 6 aromatic carbocycles. The Hall–Kier alpha value is -6.00. The Kier molecular flexibility index (Phi) is 6.43. The summed E-state index contributed by atoms with van der Waals surface area (Å²) in [5.74, 6) is 1.76. The summed E-state index contributed by atoms with van der Waals surface area (Å²) >= 11 is 0. The first-order valence-electron chi connectivity index (χ1n) is 14.7. The van der Waals surface area contributed by atoms with Gasteiger partial charge in [-0.25, -0.2) is 19.9 Å². The standard InChI is InChI=1S/C40H26N4/c1-3-13-28(14-4-1)32-24-25-35(34-19-10-9-18-33(32)34)39-42-38(31-23-22-27-12-7-8-17-30(27)26-31)43-40(44-39)37-21-11-20-36(41-37)29-15-5-2-6-16-29/h1-26H. The zero-order chi connectivity index (χ0) is 29.3. The molecule has 0 saturated heterocycles. The van der Waals surface area contributed by atoms with Crippen LogP contribution in [0.4, 0.5) is 0 Å². The van der Waals surface area contributed by atoms with Crippen LogP contribution >= 0.6 is 0 Å². The van der Waals surface area contributed by atoms with Gasteiger partial charge in [0.25, 0.3) is 0 Å². The van der Waals surface area contributed by atoms with Crippen LogP contribution in [0.3, 0.4) is 0 Å². The molecule has 0 atom stereocenters. The van der Waals surface area contributed by atoms with Gasteiger partial charge in [-0.1, -0.05) is 133 Å². The molecule has 8 aromatic rings. The molecular formula is C40H26N4. The first-order chi connectivity index (χ1) is 21.8. The number of rotatable bonds is 5. The summed E-state index contributed by atoms with van der Waals surface area (Å²) in [5, 5.41) is 4.54. The van der Waals surface area contributed by atoms with E-state index in [0.29, 0.717) is 23.2 Å². The van der Waals surface area contributed by atoms with Crippen LogP contribution in [-0.2, 0) is 0 Å². The van der Waals surface area contributed by atoms with Gasteiger partial charge in [0, 0.05) is 16.7 Å². The molecule has 0 aliphatic rings. The fourth-order valence-corrected chi connectivity index (χ4v) is 5.76. The second-order valence-electron chi connectivity index (χ2n) is 10.7. The monoisotopic (exact) mass is 562 g/mol. The van der Waals surface area contributed by atoms with E-state index in [-0.39, 0.29) is 0 Å². The maximum Gasteiger partial charge on any atom is 0.182 e. The zero-order valence-corrected chi connectivity index (χ0v) is 23.8. The molecule has 0 unspecified atom stereocenters. The molecule has 206 valence electrons. The van der Waals surface area contributed by atoms with Crippen molar-refractivity contribution >= 4 is 21.5 Å². The topological polar surface area (TPSA) is 51.6 Å². The molecule has 0 N–H and O–H groups in total. The molecule has 0 aliphatic heterocycles. The molecule has 0 bridgehead atoms. The fraction of sp³-hybridized carbons (Fsp3) is 0. The van der Waals surface area contributed by atoms with Crippen LogP contribution < -0.4 is 0 Å². The van der Waals surface area contributed by atoms with Crippen LogP contribution in [0.2, 0.25) is 0 Å². The number of fused-ring (bicyclic) bond motifs is 2. The van der Waals surface area contributed by atoms with E-state index >= 15 is 0 Å². The first-order valence-corrected chi connectivity index (χ1v) is 14.7. The molecule has 0 spiro atoms. The Bertz CT molecular complexity index is 2280. The quantitative estimate of drug-likeness (QED) is 0.209. The van der Waals surface area contributed by atoms with Crippen molar-refractivity contribution in [1.29, 1.82) is 0 Å². The van der Waals surface area contributed by atoms with Crippen LogP contribution in [0.25, 0.3) is 78.2 Å². The lowest BCUT2D eigenvalue weighted by molar-refractivity contribution is 1.06. The Morgan fingerprint density at radius 2 is 0.886 bits per heavy atom. The van der Waals surface area contributed by atoms with E-state index in [1.807, 2.05) is 42.5 Å². The zero-order valence-electron chi connectivity index (χ0n) is 23.8. The van der Waals surface area contributed by atoms with Crippen LogP contribution in [0, 0.1) is 0 Å². The fourth-order valence-electron chi connectivity index (χ4n) is 5.76. The van der Waals surface area contributed by atoms with Crippen molar-refractivity contribution in [2.75, 3.05) is 0 Å². The third-order valence-corrected chi connectivity index (χ3v) is 7.94. The highest BCUT2D eigenvalue weighted by Gasteiger charge is 2.17. The number of aromatic nitrogens is 4. The highest BCUT2D eigenvalue weighted by Crippen LogP contribution is 2.36. The number of benzene rings is 6. The van der Waals surface area contributed by atoms with Crippen molar-refractivity contribution in [3.05, 3.63) is 158 Å². The van der Waals surface area contributed by atoms with E-state index in [9.17, 15) is 0 Å². The molecule has 0 fully saturated rings. The number of pyridine rings is 1. The van der Waals surface area contributed by atoms with Crippen molar-refractivity contribution in [3.8, 4) is 56.7 Å².